The van der Waals surface area contributed by atoms with E-state index in [1.807, 2.05) is 6.92 Å². The molecular weight excluding hydrogens is 292 g/mol. The summed E-state index contributed by atoms with van der Waals surface area (Å²) in [5.74, 6) is -3.57. The number of nitrogens with one attached hydrogen (secondary N) is 2. The van der Waals surface area contributed by atoms with Gasteiger partial charge in [-0.25, -0.2) is 0 Å². The molecule has 0 aliphatic rings. The first-order chi connectivity index (χ1) is 10.1. The number of carboxylic acids is 1. The second kappa shape index (κ2) is 8.98. The van der Waals surface area contributed by atoms with Crippen molar-refractivity contribution in [2.24, 2.45) is 17.4 Å². The molecule has 4 atom stereocenters. The summed E-state index contributed by atoms with van der Waals surface area (Å²) in [7, 11) is 0. The largest absolute Gasteiger partial charge is 0.480 e. The Hall–Kier alpha value is -2.16. The summed E-state index contributed by atoms with van der Waals surface area (Å²) >= 11 is 0. The molecule has 4 unspecified atom stereocenters. The minimum atomic E-state index is -1.26. The number of rotatable bonds is 9. The van der Waals surface area contributed by atoms with Gasteiger partial charge in [-0.1, -0.05) is 20.3 Å². The van der Waals surface area contributed by atoms with Gasteiger partial charge in [0, 0.05) is 0 Å². The summed E-state index contributed by atoms with van der Waals surface area (Å²) in [4.78, 5) is 45.7. The predicted molar refractivity (Wildman–Crippen MR) is 78.4 cm³/mol. The van der Waals surface area contributed by atoms with E-state index in [4.69, 9.17) is 16.6 Å². The summed E-state index contributed by atoms with van der Waals surface area (Å²) in [6, 6.07) is -3.27. The number of aliphatic carboxylic acids is 1. The number of primary amides is 1. The van der Waals surface area contributed by atoms with Crippen LogP contribution in [0.25, 0.3) is 0 Å². The third kappa shape index (κ3) is 6.53. The second-order valence-corrected chi connectivity index (χ2v) is 5.21. The third-order valence-electron chi connectivity index (χ3n) is 3.33. The van der Waals surface area contributed by atoms with Crippen LogP contribution in [0.15, 0.2) is 0 Å². The zero-order valence-corrected chi connectivity index (χ0v) is 13.0. The van der Waals surface area contributed by atoms with Crippen molar-refractivity contribution in [1.82, 2.24) is 10.6 Å². The zero-order chi connectivity index (χ0) is 17.4. The lowest BCUT2D eigenvalue weighted by Gasteiger charge is -2.23. The third-order valence-corrected chi connectivity index (χ3v) is 3.33. The molecule has 0 bridgehead atoms. The Labute approximate surface area is 128 Å². The lowest BCUT2D eigenvalue weighted by molar-refractivity contribution is -0.141. The quantitative estimate of drug-likeness (QED) is 0.340. The molecule has 0 spiro atoms. The number of carboxylic acid groups (broad SMARTS) is 1. The van der Waals surface area contributed by atoms with E-state index >= 15 is 0 Å². The van der Waals surface area contributed by atoms with Gasteiger partial charge in [-0.2, -0.15) is 0 Å². The van der Waals surface area contributed by atoms with Gasteiger partial charge in [0.2, 0.25) is 17.7 Å². The van der Waals surface area contributed by atoms with Crippen LogP contribution >= 0.6 is 0 Å². The van der Waals surface area contributed by atoms with Crippen LogP contribution in [0.5, 0.6) is 0 Å². The van der Waals surface area contributed by atoms with Crippen molar-refractivity contribution in [3.8, 4) is 0 Å². The molecule has 7 N–H and O–H groups in total. The first kappa shape index (κ1) is 19.8. The zero-order valence-electron chi connectivity index (χ0n) is 13.0. The maximum absolute atomic E-state index is 12.0. The minimum Gasteiger partial charge on any atom is -0.480 e. The first-order valence-corrected chi connectivity index (χ1v) is 6.97. The molecule has 126 valence electrons. The fourth-order valence-electron chi connectivity index (χ4n) is 1.57. The Kier molecular flexibility index (Phi) is 8.10. The van der Waals surface area contributed by atoms with Crippen LogP contribution in [-0.2, 0) is 19.2 Å². The van der Waals surface area contributed by atoms with Crippen molar-refractivity contribution in [2.45, 2.75) is 51.7 Å². The minimum absolute atomic E-state index is 0.116. The van der Waals surface area contributed by atoms with E-state index in [0.717, 1.165) is 0 Å². The molecule has 22 heavy (non-hydrogen) atoms. The van der Waals surface area contributed by atoms with Gasteiger partial charge in [-0.05, 0) is 12.8 Å². The molecule has 0 saturated carbocycles. The maximum Gasteiger partial charge on any atom is 0.325 e. The topological polar surface area (TPSA) is 165 Å². The highest BCUT2D eigenvalue weighted by Crippen LogP contribution is 2.06. The average Bonchev–Trinajstić information content (AvgIpc) is 2.43. The number of hydrogen-bond donors (Lipinski definition) is 5. The van der Waals surface area contributed by atoms with Crippen molar-refractivity contribution < 1.29 is 24.3 Å². The van der Waals surface area contributed by atoms with E-state index in [0.29, 0.717) is 6.42 Å². The molecule has 0 radical (unpaired) electrons. The number of carbonyl (C=O) groups is 4. The van der Waals surface area contributed by atoms with Gasteiger partial charge >= 0.3 is 5.97 Å². The van der Waals surface area contributed by atoms with E-state index in [-0.39, 0.29) is 5.92 Å². The van der Waals surface area contributed by atoms with Crippen molar-refractivity contribution in [3.63, 3.8) is 0 Å². The molecule has 0 rings (SSSR count). The van der Waals surface area contributed by atoms with Crippen LogP contribution in [0.3, 0.4) is 0 Å². The van der Waals surface area contributed by atoms with Gasteiger partial charge < -0.3 is 27.2 Å². The van der Waals surface area contributed by atoms with Gasteiger partial charge in [0.1, 0.15) is 12.1 Å². The van der Waals surface area contributed by atoms with Crippen molar-refractivity contribution in [1.29, 1.82) is 0 Å². The van der Waals surface area contributed by atoms with E-state index in [2.05, 4.69) is 10.6 Å². The molecule has 0 aliphatic heterocycles. The number of hydrogen-bond acceptors (Lipinski definition) is 5. The molecule has 0 saturated heterocycles. The van der Waals surface area contributed by atoms with Gasteiger partial charge in [0.05, 0.1) is 12.5 Å². The highest BCUT2D eigenvalue weighted by molar-refractivity contribution is 5.94. The predicted octanol–water partition coefficient (Wildman–Crippen LogP) is -1.69. The van der Waals surface area contributed by atoms with Crippen LogP contribution < -0.4 is 22.1 Å². The summed E-state index contributed by atoms with van der Waals surface area (Å²) in [5.41, 5.74) is 10.8. The van der Waals surface area contributed by atoms with E-state index < -0.39 is 48.2 Å². The fraction of sp³-hybridized carbons (Fsp3) is 0.692. The molecule has 0 aromatic rings. The Balaban J connectivity index is 4.91. The Morgan fingerprint density at radius 3 is 2.05 bits per heavy atom. The molecule has 0 aromatic heterocycles. The number of carbonyl (C=O) groups excluding carboxylic acids is 3. The van der Waals surface area contributed by atoms with Crippen molar-refractivity contribution in [2.75, 3.05) is 0 Å². The average molecular weight is 316 g/mol. The highest BCUT2D eigenvalue weighted by Gasteiger charge is 2.28. The highest BCUT2D eigenvalue weighted by atomic mass is 16.4. The molecule has 0 aromatic carbocycles. The number of amides is 3. The van der Waals surface area contributed by atoms with Crippen molar-refractivity contribution >= 4 is 23.7 Å². The first-order valence-electron chi connectivity index (χ1n) is 6.97. The van der Waals surface area contributed by atoms with Crippen molar-refractivity contribution in [3.05, 3.63) is 0 Å². The number of nitrogens with two attached hydrogens (primary N) is 2. The summed E-state index contributed by atoms with van der Waals surface area (Å²) in [6.07, 6.45) is 0.217. The molecule has 0 fully saturated rings. The normalized spacial score (nSPS) is 16.0. The van der Waals surface area contributed by atoms with E-state index in [1.165, 1.54) is 6.92 Å². The monoisotopic (exact) mass is 316 g/mol. The molecule has 0 heterocycles. The SMILES string of the molecule is CCC(C)C(N)C(=O)NC(CC(N)=O)C(=O)NC(C)C(=O)O. The Morgan fingerprint density at radius 2 is 1.64 bits per heavy atom. The lowest BCUT2D eigenvalue weighted by Crippen LogP contribution is -2.55. The van der Waals surface area contributed by atoms with E-state index in [1.54, 1.807) is 6.92 Å². The standard InChI is InChI=1S/C13H24N4O5/c1-4-6(2)10(15)12(20)17-8(5-9(14)18)11(19)16-7(3)13(21)22/h6-8,10H,4-5,15H2,1-3H3,(H2,14,18)(H,16,19)(H,17,20)(H,21,22). The lowest BCUT2D eigenvalue weighted by atomic mass is 9.99. The van der Waals surface area contributed by atoms with Crippen LogP contribution in [0.1, 0.15) is 33.6 Å². The summed E-state index contributed by atoms with van der Waals surface area (Å²) in [5, 5.41) is 13.3. The van der Waals surface area contributed by atoms with Crippen LogP contribution in [-0.4, -0.2) is 46.9 Å². The van der Waals surface area contributed by atoms with Gasteiger partial charge in [0.25, 0.3) is 0 Å². The Morgan fingerprint density at radius 1 is 1.09 bits per heavy atom. The summed E-state index contributed by atoms with van der Waals surface area (Å²) < 4.78 is 0. The fourth-order valence-corrected chi connectivity index (χ4v) is 1.57. The van der Waals surface area contributed by atoms with Gasteiger partial charge in [-0.15, -0.1) is 0 Å². The van der Waals surface area contributed by atoms with Crippen LogP contribution in [0.2, 0.25) is 0 Å². The van der Waals surface area contributed by atoms with Crippen LogP contribution in [0.4, 0.5) is 0 Å². The smallest absolute Gasteiger partial charge is 0.325 e. The Bertz CT molecular complexity index is 440. The summed E-state index contributed by atoms with van der Waals surface area (Å²) in [6.45, 7) is 4.90. The van der Waals surface area contributed by atoms with Gasteiger partial charge in [-0.3, -0.25) is 19.2 Å². The van der Waals surface area contributed by atoms with Crippen LogP contribution in [0, 0.1) is 5.92 Å². The molecule has 9 heteroatoms. The van der Waals surface area contributed by atoms with Gasteiger partial charge in [0.15, 0.2) is 0 Å². The molecule has 0 aliphatic carbocycles. The van der Waals surface area contributed by atoms with E-state index in [9.17, 15) is 19.2 Å². The molecule has 9 nitrogen and oxygen atoms in total. The maximum atomic E-state index is 12.0. The second-order valence-electron chi connectivity index (χ2n) is 5.21. The molecular formula is C13H24N4O5. The molecule has 3 amide bonds.